The van der Waals surface area contributed by atoms with Gasteiger partial charge in [-0.05, 0) is 55.5 Å². The van der Waals surface area contributed by atoms with Crippen LogP contribution in [0.2, 0.25) is 0 Å². The molecule has 1 N–H and O–H groups in total. The van der Waals surface area contributed by atoms with Crippen LogP contribution in [-0.2, 0) is 6.54 Å². The summed E-state index contributed by atoms with van der Waals surface area (Å²) in [5, 5.41) is 9.38. The minimum atomic E-state index is -0.359. The lowest BCUT2D eigenvalue weighted by Crippen LogP contribution is -2.34. The molecule has 1 aliphatic heterocycles. The third kappa shape index (κ3) is 3.45. The summed E-state index contributed by atoms with van der Waals surface area (Å²) in [4.78, 5) is 2.34. The summed E-state index contributed by atoms with van der Waals surface area (Å²) in [6.45, 7) is 7.44. The number of piperidine rings is 1. The van der Waals surface area contributed by atoms with Gasteiger partial charge in [-0.15, -0.1) is 0 Å². The maximum Gasteiger partial charge on any atom is 0.127 e. The van der Waals surface area contributed by atoms with E-state index in [4.69, 9.17) is 0 Å². The van der Waals surface area contributed by atoms with E-state index >= 15 is 0 Å². The molecule has 1 aromatic carbocycles. The van der Waals surface area contributed by atoms with Crippen LogP contribution >= 0.6 is 0 Å². The molecule has 0 bridgehead atoms. The third-order valence-electron chi connectivity index (χ3n) is 3.92. The molecule has 0 spiro atoms. The number of likely N-dealkylation sites (tertiary alicyclic amines) is 1. The summed E-state index contributed by atoms with van der Waals surface area (Å²) in [5.74, 6) is 1.23. The van der Waals surface area contributed by atoms with Gasteiger partial charge in [-0.25, -0.2) is 4.39 Å². The second-order valence-corrected chi connectivity index (χ2v) is 5.68. The highest BCUT2D eigenvalue weighted by Gasteiger charge is 2.21. The highest BCUT2D eigenvalue weighted by molar-refractivity contribution is 5.28. The Kier molecular flexibility index (Phi) is 4.23. The average Bonchev–Trinajstić information content (AvgIpc) is 2.28. The molecule has 0 amide bonds. The zero-order chi connectivity index (χ0) is 13.1. The third-order valence-corrected chi connectivity index (χ3v) is 3.92. The van der Waals surface area contributed by atoms with Crippen LogP contribution < -0.4 is 0 Å². The summed E-state index contributed by atoms with van der Waals surface area (Å²) >= 11 is 0. The van der Waals surface area contributed by atoms with E-state index in [1.807, 2.05) is 0 Å². The van der Waals surface area contributed by atoms with E-state index in [1.54, 1.807) is 6.07 Å². The quantitative estimate of drug-likeness (QED) is 0.890. The molecule has 1 heterocycles. The summed E-state index contributed by atoms with van der Waals surface area (Å²) in [7, 11) is 0. The highest BCUT2D eigenvalue weighted by Crippen LogP contribution is 2.25. The van der Waals surface area contributed by atoms with Gasteiger partial charge in [-0.2, -0.15) is 0 Å². The Hall–Kier alpha value is -1.09. The smallest absolute Gasteiger partial charge is 0.127 e. The molecule has 100 valence electrons. The number of nitrogens with zero attached hydrogens (tertiary/aromatic N) is 1. The van der Waals surface area contributed by atoms with E-state index in [0.29, 0.717) is 0 Å². The Bertz CT molecular complexity index is 377. The first-order valence-electron chi connectivity index (χ1n) is 6.75. The van der Waals surface area contributed by atoms with Crippen molar-refractivity contribution in [3.8, 4) is 5.75 Å². The standard InChI is InChI=1S/C15H22FNO/c1-11(2)13-3-5-17(6-4-13)10-12-7-14(16)9-15(18)8-12/h7-9,11,13,18H,3-6,10H2,1-2H3. The van der Waals surface area contributed by atoms with Crippen LogP contribution in [0, 0.1) is 17.7 Å². The fraction of sp³-hybridized carbons (Fsp3) is 0.600. The minimum Gasteiger partial charge on any atom is -0.508 e. The van der Waals surface area contributed by atoms with E-state index in [-0.39, 0.29) is 11.6 Å². The number of phenols is 1. The summed E-state index contributed by atoms with van der Waals surface area (Å²) in [5.41, 5.74) is 0.857. The lowest BCUT2D eigenvalue weighted by molar-refractivity contribution is 0.152. The molecular weight excluding hydrogens is 229 g/mol. The van der Waals surface area contributed by atoms with Gasteiger partial charge >= 0.3 is 0 Å². The van der Waals surface area contributed by atoms with Crippen LogP contribution in [0.15, 0.2) is 18.2 Å². The summed E-state index contributed by atoms with van der Waals surface area (Å²) < 4.78 is 13.2. The molecule has 0 unspecified atom stereocenters. The van der Waals surface area contributed by atoms with Crippen LogP contribution in [0.5, 0.6) is 5.75 Å². The fourth-order valence-corrected chi connectivity index (χ4v) is 2.76. The first-order chi connectivity index (χ1) is 8.54. The molecule has 2 rings (SSSR count). The Morgan fingerprint density at radius 2 is 1.94 bits per heavy atom. The maximum absolute atomic E-state index is 13.2. The molecule has 1 aromatic rings. The van der Waals surface area contributed by atoms with Crippen LogP contribution in [-0.4, -0.2) is 23.1 Å². The van der Waals surface area contributed by atoms with Gasteiger partial charge in [0.05, 0.1) is 0 Å². The maximum atomic E-state index is 13.2. The molecule has 0 atom stereocenters. The Morgan fingerprint density at radius 1 is 1.28 bits per heavy atom. The van der Waals surface area contributed by atoms with Crippen molar-refractivity contribution in [1.29, 1.82) is 0 Å². The average molecular weight is 251 g/mol. The van der Waals surface area contributed by atoms with Crippen molar-refractivity contribution >= 4 is 0 Å². The highest BCUT2D eigenvalue weighted by atomic mass is 19.1. The van der Waals surface area contributed by atoms with Crippen molar-refractivity contribution in [3.63, 3.8) is 0 Å². The second kappa shape index (κ2) is 5.70. The molecule has 1 aliphatic rings. The zero-order valence-electron chi connectivity index (χ0n) is 11.2. The van der Waals surface area contributed by atoms with Crippen LogP contribution in [0.25, 0.3) is 0 Å². The molecule has 0 aliphatic carbocycles. The van der Waals surface area contributed by atoms with Gasteiger partial charge in [0.25, 0.3) is 0 Å². The van der Waals surface area contributed by atoms with Crippen molar-refractivity contribution in [2.24, 2.45) is 11.8 Å². The van der Waals surface area contributed by atoms with E-state index in [1.165, 1.54) is 18.9 Å². The van der Waals surface area contributed by atoms with Crippen molar-refractivity contribution in [2.45, 2.75) is 33.2 Å². The van der Waals surface area contributed by atoms with Gasteiger partial charge in [0.15, 0.2) is 0 Å². The molecule has 3 heteroatoms. The molecule has 18 heavy (non-hydrogen) atoms. The van der Waals surface area contributed by atoms with Crippen molar-refractivity contribution in [1.82, 2.24) is 4.90 Å². The SMILES string of the molecule is CC(C)C1CCN(Cc2cc(O)cc(F)c2)CC1. The first-order valence-corrected chi connectivity index (χ1v) is 6.75. The monoisotopic (exact) mass is 251 g/mol. The predicted octanol–water partition coefficient (Wildman–Crippen LogP) is 3.40. The molecule has 1 fully saturated rings. The lowest BCUT2D eigenvalue weighted by atomic mass is 9.86. The minimum absolute atomic E-state index is 0.0158. The Labute approximate surface area is 108 Å². The van der Waals surface area contributed by atoms with Gasteiger partial charge < -0.3 is 5.11 Å². The van der Waals surface area contributed by atoms with Crippen LogP contribution in [0.3, 0.4) is 0 Å². The molecule has 0 saturated carbocycles. The predicted molar refractivity (Wildman–Crippen MR) is 70.9 cm³/mol. The van der Waals surface area contributed by atoms with E-state index < -0.39 is 0 Å². The molecule has 0 radical (unpaired) electrons. The summed E-state index contributed by atoms with van der Waals surface area (Å²) in [6, 6.07) is 4.31. The lowest BCUT2D eigenvalue weighted by Gasteiger charge is -2.33. The van der Waals surface area contributed by atoms with E-state index in [0.717, 1.165) is 43.1 Å². The number of rotatable bonds is 3. The first kappa shape index (κ1) is 13.3. The fourth-order valence-electron chi connectivity index (χ4n) is 2.76. The zero-order valence-corrected chi connectivity index (χ0v) is 11.2. The summed E-state index contributed by atoms with van der Waals surface area (Å²) in [6.07, 6.45) is 2.44. The topological polar surface area (TPSA) is 23.5 Å². The van der Waals surface area contributed by atoms with Gasteiger partial charge in [0.2, 0.25) is 0 Å². The molecule has 2 nitrogen and oxygen atoms in total. The van der Waals surface area contributed by atoms with Crippen molar-refractivity contribution in [2.75, 3.05) is 13.1 Å². The number of halogens is 1. The number of aromatic hydroxyl groups is 1. The second-order valence-electron chi connectivity index (χ2n) is 5.68. The number of hydrogen-bond donors (Lipinski definition) is 1. The van der Waals surface area contributed by atoms with Gasteiger partial charge in [0, 0.05) is 12.6 Å². The Morgan fingerprint density at radius 3 is 2.50 bits per heavy atom. The normalized spacial score (nSPS) is 18.4. The van der Waals surface area contributed by atoms with Gasteiger partial charge in [-0.1, -0.05) is 13.8 Å². The van der Waals surface area contributed by atoms with Gasteiger partial charge in [0.1, 0.15) is 11.6 Å². The Balaban J connectivity index is 1.91. The molecule has 1 saturated heterocycles. The van der Waals surface area contributed by atoms with Crippen molar-refractivity contribution in [3.05, 3.63) is 29.6 Å². The number of benzene rings is 1. The van der Waals surface area contributed by atoms with E-state index in [2.05, 4.69) is 18.7 Å². The number of phenolic OH excluding ortho intramolecular Hbond substituents is 1. The molecular formula is C15H22FNO. The van der Waals surface area contributed by atoms with Crippen molar-refractivity contribution < 1.29 is 9.50 Å². The van der Waals surface area contributed by atoms with E-state index in [9.17, 15) is 9.50 Å². The van der Waals surface area contributed by atoms with Crippen LogP contribution in [0.1, 0.15) is 32.3 Å². The number of hydrogen-bond acceptors (Lipinski definition) is 2. The van der Waals surface area contributed by atoms with Gasteiger partial charge in [-0.3, -0.25) is 4.90 Å². The largest absolute Gasteiger partial charge is 0.508 e. The van der Waals surface area contributed by atoms with Crippen LogP contribution in [0.4, 0.5) is 4.39 Å². The molecule has 0 aromatic heterocycles.